The van der Waals surface area contributed by atoms with Gasteiger partial charge in [-0.1, -0.05) is 35.9 Å². The molecule has 0 radical (unpaired) electrons. The fraction of sp³-hybridized carbons (Fsp3) is 0.167. The lowest BCUT2D eigenvalue weighted by molar-refractivity contribution is -0.123. The number of anilines is 2. The van der Waals surface area contributed by atoms with Crippen LogP contribution in [0.4, 0.5) is 15.8 Å². The highest BCUT2D eigenvalue weighted by atomic mass is 35.5. The van der Waals surface area contributed by atoms with E-state index in [1.807, 2.05) is 24.3 Å². The maximum atomic E-state index is 14.5. The number of carbonyl (C=O) groups excluding carboxylic acids is 2. The topological polar surface area (TPSA) is 49.9 Å². The third-order valence-electron chi connectivity index (χ3n) is 5.77. The normalized spacial score (nSPS) is 19.7. The molecule has 0 N–H and O–H groups in total. The molecule has 2 aliphatic rings. The molecule has 5 rings (SSSR count). The van der Waals surface area contributed by atoms with Crippen LogP contribution in [-0.4, -0.2) is 24.7 Å². The van der Waals surface area contributed by atoms with Gasteiger partial charge in [-0.3, -0.25) is 14.5 Å². The number of rotatable bonds is 4. The molecule has 0 aromatic heterocycles. The highest BCUT2D eigenvalue weighted by molar-refractivity contribution is 8.02. The molecule has 1 spiro atoms. The van der Waals surface area contributed by atoms with Crippen molar-refractivity contribution in [1.82, 2.24) is 0 Å². The Hall–Kier alpha value is -3.03. The first-order valence-electron chi connectivity index (χ1n) is 9.93. The zero-order valence-electron chi connectivity index (χ0n) is 17.0. The van der Waals surface area contributed by atoms with Gasteiger partial charge in [0.1, 0.15) is 11.6 Å². The van der Waals surface area contributed by atoms with Crippen LogP contribution < -0.4 is 14.5 Å². The summed E-state index contributed by atoms with van der Waals surface area (Å²) in [6, 6.07) is 18.8. The number of carbonyl (C=O) groups is 2. The molecule has 0 saturated carbocycles. The van der Waals surface area contributed by atoms with Crippen molar-refractivity contribution >= 4 is 46.6 Å². The van der Waals surface area contributed by atoms with Gasteiger partial charge in [0, 0.05) is 21.8 Å². The Kier molecular flexibility index (Phi) is 5.10. The van der Waals surface area contributed by atoms with E-state index in [4.69, 9.17) is 16.3 Å². The van der Waals surface area contributed by atoms with Gasteiger partial charge < -0.3 is 9.64 Å². The summed E-state index contributed by atoms with van der Waals surface area (Å²) in [6.45, 7) is -0.0334. The Bertz CT molecular complexity index is 1220. The molecule has 1 fully saturated rings. The molecule has 0 aliphatic carbocycles. The summed E-state index contributed by atoms with van der Waals surface area (Å²) in [6.07, 6.45) is 0. The quantitative estimate of drug-likeness (QED) is 0.542. The lowest BCUT2D eigenvalue weighted by Crippen LogP contribution is -2.49. The predicted molar refractivity (Wildman–Crippen MR) is 124 cm³/mol. The third-order valence-corrected chi connectivity index (χ3v) is 7.51. The van der Waals surface area contributed by atoms with E-state index in [0.717, 1.165) is 0 Å². The fourth-order valence-electron chi connectivity index (χ4n) is 4.29. The third kappa shape index (κ3) is 2.99. The Labute approximate surface area is 193 Å². The number of amides is 2. The molecule has 5 nitrogen and oxygen atoms in total. The fourth-order valence-corrected chi connectivity index (χ4v) is 5.87. The summed E-state index contributed by atoms with van der Waals surface area (Å²) >= 11 is 7.52. The van der Waals surface area contributed by atoms with Gasteiger partial charge in [0.2, 0.25) is 10.8 Å². The highest BCUT2D eigenvalue weighted by Crippen LogP contribution is 2.56. The van der Waals surface area contributed by atoms with Crippen LogP contribution in [0.1, 0.15) is 11.1 Å². The summed E-state index contributed by atoms with van der Waals surface area (Å²) in [5.74, 6) is -0.152. The van der Waals surface area contributed by atoms with Crippen LogP contribution in [0.2, 0.25) is 5.02 Å². The number of benzene rings is 3. The zero-order chi connectivity index (χ0) is 22.5. The molecule has 8 heteroatoms. The molecule has 0 bridgehead atoms. The van der Waals surface area contributed by atoms with Gasteiger partial charge in [0.05, 0.1) is 25.1 Å². The molecule has 3 aromatic carbocycles. The minimum Gasteiger partial charge on any atom is -0.497 e. The van der Waals surface area contributed by atoms with E-state index in [1.165, 1.54) is 28.8 Å². The summed E-state index contributed by atoms with van der Waals surface area (Å²) in [4.78, 5) is 28.8. The first-order chi connectivity index (χ1) is 15.5. The van der Waals surface area contributed by atoms with Crippen molar-refractivity contribution < 1.29 is 18.7 Å². The molecular formula is C24H18ClFN2O3S. The minimum atomic E-state index is -1.26. The van der Waals surface area contributed by atoms with Crippen LogP contribution >= 0.6 is 23.4 Å². The monoisotopic (exact) mass is 468 g/mol. The lowest BCUT2D eigenvalue weighted by atomic mass is 10.0. The van der Waals surface area contributed by atoms with Crippen LogP contribution in [0.3, 0.4) is 0 Å². The largest absolute Gasteiger partial charge is 0.497 e. The Morgan fingerprint density at radius 3 is 2.53 bits per heavy atom. The number of hydrogen-bond acceptors (Lipinski definition) is 4. The number of nitrogens with zero attached hydrogens (tertiary/aromatic N) is 2. The molecule has 2 heterocycles. The molecule has 2 amide bonds. The maximum Gasteiger partial charge on any atom is 0.269 e. The molecule has 1 unspecified atom stereocenters. The SMILES string of the molecule is COc1ccc(N2C(=O)CSC23C(=O)N(Cc2c(F)cccc2Cl)c2ccccc23)cc1. The van der Waals surface area contributed by atoms with Crippen LogP contribution in [-0.2, 0) is 21.0 Å². The smallest absolute Gasteiger partial charge is 0.269 e. The molecule has 32 heavy (non-hydrogen) atoms. The first-order valence-corrected chi connectivity index (χ1v) is 11.3. The number of hydrogen-bond donors (Lipinski definition) is 0. The summed E-state index contributed by atoms with van der Waals surface area (Å²) in [5, 5.41) is 0.249. The van der Waals surface area contributed by atoms with Gasteiger partial charge in [-0.05, 0) is 42.5 Å². The van der Waals surface area contributed by atoms with Crippen molar-refractivity contribution in [3.8, 4) is 5.75 Å². The van der Waals surface area contributed by atoms with E-state index in [2.05, 4.69) is 0 Å². The number of para-hydroxylation sites is 1. The van der Waals surface area contributed by atoms with Crippen molar-refractivity contribution in [2.24, 2.45) is 0 Å². The van der Waals surface area contributed by atoms with E-state index in [0.29, 0.717) is 22.7 Å². The minimum absolute atomic E-state index is 0.0334. The molecule has 1 atom stereocenters. The summed E-state index contributed by atoms with van der Waals surface area (Å²) in [5.41, 5.74) is 2.16. The molecule has 3 aromatic rings. The van der Waals surface area contributed by atoms with Crippen LogP contribution in [0, 0.1) is 5.82 Å². The van der Waals surface area contributed by atoms with Crippen LogP contribution in [0.5, 0.6) is 5.75 Å². The average Bonchev–Trinajstić information content (AvgIpc) is 3.27. The molecule has 2 aliphatic heterocycles. The second kappa shape index (κ2) is 7.83. The van der Waals surface area contributed by atoms with Crippen molar-refractivity contribution in [1.29, 1.82) is 0 Å². The number of fused-ring (bicyclic) bond motifs is 2. The summed E-state index contributed by atoms with van der Waals surface area (Å²) in [7, 11) is 1.57. The Morgan fingerprint density at radius 2 is 1.81 bits per heavy atom. The van der Waals surface area contributed by atoms with Gasteiger partial charge in [0.15, 0.2) is 0 Å². The van der Waals surface area contributed by atoms with Gasteiger partial charge in [-0.25, -0.2) is 4.39 Å². The van der Waals surface area contributed by atoms with Crippen molar-refractivity contribution in [2.45, 2.75) is 11.4 Å². The maximum absolute atomic E-state index is 14.5. The highest BCUT2D eigenvalue weighted by Gasteiger charge is 2.61. The average molecular weight is 469 g/mol. The summed E-state index contributed by atoms with van der Waals surface area (Å²) < 4.78 is 19.8. The van der Waals surface area contributed by atoms with E-state index < -0.39 is 10.7 Å². The standard InChI is InChI=1S/C24H18ClFN2O3S/c1-31-16-11-9-15(10-12-16)28-22(29)14-32-24(28)18-5-2-3-8-21(18)27(23(24)30)13-17-19(25)6-4-7-20(17)26/h2-12H,13-14H2,1H3. The van der Waals surface area contributed by atoms with Crippen molar-refractivity contribution in [2.75, 3.05) is 22.7 Å². The van der Waals surface area contributed by atoms with Crippen molar-refractivity contribution in [3.05, 3.63) is 88.7 Å². The van der Waals surface area contributed by atoms with Crippen molar-refractivity contribution in [3.63, 3.8) is 0 Å². The van der Waals surface area contributed by atoms with Gasteiger partial charge in [0.25, 0.3) is 5.91 Å². The number of methoxy groups -OCH3 is 1. The zero-order valence-corrected chi connectivity index (χ0v) is 18.6. The lowest BCUT2D eigenvalue weighted by Gasteiger charge is -2.33. The molecular weight excluding hydrogens is 451 g/mol. The van der Waals surface area contributed by atoms with Gasteiger partial charge in [-0.15, -0.1) is 11.8 Å². The Morgan fingerprint density at radius 1 is 1.06 bits per heavy atom. The van der Waals surface area contributed by atoms with Crippen LogP contribution in [0.25, 0.3) is 0 Å². The second-order valence-electron chi connectivity index (χ2n) is 7.47. The number of thioether (sulfide) groups is 1. The van der Waals surface area contributed by atoms with Crippen LogP contribution in [0.15, 0.2) is 66.7 Å². The number of ether oxygens (including phenoxy) is 1. The first kappa shape index (κ1) is 20.8. The molecule has 1 saturated heterocycles. The number of halogens is 2. The predicted octanol–water partition coefficient (Wildman–Crippen LogP) is 4.97. The van der Waals surface area contributed by atoms with Gasteiger partial charge >= 0.3 is 0 Å². The Balaban J connectivity index is 1.64. The van der Waals surface area contributed by atoms with Gasteiger partial charge in [-0.2, -0.15) is 0 Å². The van der Waals surface area contributed by atoms with E-state index in [9.17, 15) is 14.0 Å². The van der Waals surface area contributed by atoms with E-state index in [1.54, 1.807) is 42.3 Å². The second-order valence-corrected chi connectivity index (χ2v) is 9.04. The molecule has 162 valence electrons. The van der Waals surface area contributed by atoms with E-state index >= 15 is 0 Å². The van der Waals surface area contributed by atoms with E-state index in [-0.39, 0.29) is 34.7 Å².